The summed E-state index contributed by atoms with van der Waals surface area (Å²) in [5.74, 6) is 1.19. The van der Waals surface area contributed by atoms with Gasteiger partial charge in [0, 0.05) is 11.6 Å². The van der Waals surface area contributed by atoms with Gasteiger partial charge in [0.1, 0.15) is 19.0 Å². The summed E-state index contributed by atoms with van der Waals surface area (Å²) in [5.41, 5.74) is 2.09. The van der Waals surface area contributed by atoms with E-state index in [2.05, 4.69) is 5.32 Å². The van der Waals surface area contributed by atoms with Gasteiger partial charge in [-0.2, -0.15) is 0 Å². The van der Waals surface area contributed by atoms with Crippen molar-refractivity contribution < 1.29 is 23.8 Å². The molecule has 0 bridgehead atoms. The molecule has 0 spiro atoms. The number of benzene rings is 3. The molecule has 1 N–H and O–H groups in total. The topological polar surface area (TPSA) is 73.9 Å². The zero-order chi connectivity index (χ0) is 20.9. The van der Waals surface area contributed by atoms with Crippen molar-refractivity contribution in [3.63, 3.8) is 0 Å². The van der Waals surface area contributed by atoms with Crippen molar-refractivity contribution in [3.05, 3.63) is 83.4 Å². The Morgan fingerprint density at radius 3 is 2.27 bits per heavy atom. The van der Waals surface area contributed by atoms with Crippen LogP contribution in [0, 0.1) is 0 Å². The second kappa shape index (κ2) is 8.69. The van der Waals surface area contributed by atoms with Crippen LogP contribution >= 0.6 is 0 Å². The highest BCUT2D eigenvalue weighted by atomic mass is 16.6. The highest BCUT2D eigenvalue weighted by Crippen LogP contribution is 2.36. The van der Waals surface area contributed by atoms with E-state index in [0.717, 1.165) is 5.56 Å². The Morgan fingerprint density at radius 2 is 1.60 bits per heavy atom. The van der Waals surface area contributed by atoms with Crippen LogP contribution in [0.1, 0.15) is 21.5 Å². The number of methoxy groups -OCH3 is 1. The molecule has 0 saturated carbocycles. The molecule has 30 heavy (non-hydrogen) atoms. The van der Waals surface area contributed by atoms with Gasteiger partial charge in [-0.15, -0.1) is 0 Å². The molecule has 6 nitrogen and oxygen atoms in total. The van der Waals surface area contributed by atoms with E-state index in [1.165, 1.54) is 0 Å². The summed E-state index contributed by atoms with van der Waals surface area (Å²) in [6.45, 7) is 0.819. The monoisotopic (exact) mass is 403 g/mol. The number of ketones is 1. The minimum absolute atomic E-state index is 0.200. The standard InChI is InChI=1S/C24H21NO5/c1-28-18-9-7-17(8-10-18)24(27)19-14-21-22(30-12-11-29-21)15-20(19)25-23(26)13-16-5-3-2-4-6-16/h2-10,14-15H,11-13H2,1H3,(H,25,26). The second-order valence-corrected chi connectivity index (χ2v) is 6.81. The van der Waals surface area contributed by atoms with Gasteiger partial charge in [-0.25, -0.2) is 0 Å². The fourth-order valence-electron chi connectivity index (χ4n) is 3.25. The van der Waals surface area contributed by atoms with E-state index in [0.29, 0.717) is 47.3 Å². The molecule has 0 aliphatic carbocycles. The largest absolute Gasteiger partial charge is 0.497 e. The van der Waals surface area contributed by atoms with Crippen molar-refractivity contribution in [1.82, 2.24) is 0 Å². The van der Waals surface area contributed by atoms with Crippen LogP contribution in [0.4, 0.5) is 5.69 Å². The number of ether oxygens (including phenoxy) is 3. The van der Waals surface area contributed by atoms with E-state index in [1.807, 2.05) is 30.3 Å². The Bertz CT molecular complexity index is 1060. The number of rotatable bonds is 6. The van der Waals surface area contributed by atoms with E-state index in [9.17, 15) is 9.59 Å². The van der Waals surface area contributed by atoms with Gasteiger partial charge in [0.05, 0.1) is 24.8 Å². The molecule has 0 aromatic heterocycles. The molecule has 6 heteroatoms. The quantitative estimate of drug-likeness (QED) is 0.633. The van der Waals surface area contributed by atoms with Crippen LogP contribution in [0.5, 0.6) is 17.2 Å². The van der Waals surface area contributed by atoms with Gasteiger partial charge in [0.15, 0.2) is 17.3 Å². The number of carbonyl (C=O) groups is 2. The zero-order valence-electron chi connectivity index (χ0n) is 16.5. The van der Waals surface area contributed by atoms with Gasteiger partial charge in [-0.05, 0) is 35.9 Å². The first-order chi connectivity index (χ1) is 14.6. The molecule has 0 unspecified atom stereocenters. The van der Waals surface area contributed by atoms with Crippen LogP contribution in [0.25, 0.3) is 0 Å². The SMILES string of the molecule is COc1ccc(C(=O)c2cc3c(cc2NC(=O)Cc2ccccc2)OCCO3)cc1. The molecule has 0 fully saturated rings. The highest BCUT2D eigenvalue weighted by molar-refractivity contribution is 6.14. The van der Waals surface area contributed by atoms with Crippen molar-refractivity contribution in [2.24, 2.45) is 0 Å². The predicted octanol–water partition coefficient (Wildman–Crippen LogP) is 3.88. The Hall–Kier alpha value is -3.80. The summed E-state index contributed by atoms with van der Waals surface area (Å²) >= 11 is 0. The molecule has 3 aromatic rings. The molecule has 3 aromatic carbocycles. The fraction of sp³-hybridized carbons (Fsp3) is 0.167. The van der Waals surface area contributed by atoms with Gasteiger partial charge >= 0.3 is 0 Å². The van der Waals surface area contributed by atoms with Gasteiger partial charge < -0.3 is 19.5 Å². The summed E-state index contributed by atoms with van der Waals surface area (Å²) in [7, 11) is 1.57. The maximum absolute atomic E-state index is 13.2. The lowest BCUT2D eigenvalue weighted by atomic mass is 10.00. The van der Waals surface area contributed by atoms with Crippen LogP contribution in [-0.4, -0.2) is 32.0 Å². The third-order valence-corrected chi connectivity index (χ3v) is 4.76. The molecule has 1 aliphatic rings. The Labute approximate surface area is 174 Å². The number of carbonyl (C=O) groups excluding carboxylic acids is 2. The van der Waals surface area contributed by atoms with Crippen LogP contribution in [0.15, 0.2) is 66.7 Å². The first-order valence-corrected chi connectivity index (χ1v) is 9.60. The maximum Gasteiger partial charge on any atom is 0.228 e. The third kappa shape index (κ3) is 4.27. The third-order valence-electron chi connectivity index (χ3n) is 4.76. The molecule has 1 amide bonds. The summed E-state index contributed by atoms with van der Waals surface area (Å²) in [6.07, 6.45) is 0.200. The molecule has 1 heterocycles. The van der Waals surface area contributed by atoms with Gasteiger partial charge in [-0.1, -0.05) is 30.3 Å². The minimum Gasteiger partial charge on any atom is -0.497 e. The van der Waals surface area contributed by atoms with E-state index in [-0.39, 0.29) is 18.1 Å². The lowest BCUT2D eigenvalue weighted by molar-refractivity contribution is -0.115. The summed E-state index contributed by atoms with van der Waals surface area (Å²) < 4.78 is 16.4. The maximum atomic E-state index is 13.2. The van der Waals surface area contributed by atoms with Crippen molar-refractivity contribution in [2.75, 3.05) is 25.6 Å². The number of nitrogens with one attached hydrogen (secondary N) is 1. The van der Waals surface area contributed by atoms with Crippen LogP contribution in [0.3, 0.4) is 0 Å². The molecule has 4 rings (SSSR count). The smallest absolute Gasteiger partial charge is 0.228 e. The first kappa shape index (κ1) is 19.5. The molecular weight excluding hydrogens is 382 g/mol. The van der Waals surface area contributed by atoms with Crippen molar-refractivity contribution >= 4 is 17.4 Å². The fourth-order valence-corrected chi connectivity index (χ4v) is 3.25. The lowest BCUT2D eigenvalue weighted by Gasteiger charge is -2.21. The number of fused-ring (bicyclic) bond motifs is 1. The molecule has 0 saturated heterocycles. The summed E-state index contributed by atoms with van der Waals surface area (Å²) in [6, 6.07) is 19.5. The van der Waals surface area contributed by atoms with E-state index >= 15 is 0 Å². The summed E-state index contributed by atoms with van der Waals surface area (Å²) in [4.78, 5) is 25.8. The average molecular weight is 403 g/mol. The van der Waals surface area contributed by atoms with Crippen molar-refractivity contribution in [3.8, 4) is 17.2 Å². The average Bonchev–Trinajstić information content (AvgIpc) is 2.79. The number of amides is 1. The first-order valence-electron chi connectivity index (χ1n) is 9.60. The molecule has 0 radical (unpaired) electrons. The zero-order valence-corrected chi connectivity index (χ0v) is 16.5. The normalized spacial score (nSPS) is 12.2. The van der Waals surface area contributed by atoms with E-state index < -0.39 is 0 Å². The molecular formula is C24H21NO5. The molecule has 1 aliphatic heterocycles. The predicted molar refractivity (Wildman–Crippen MR) is 113 cm³/mol. The van der Waals surface area contributed by atoms with Crippen molar-refractivity contribution in [1.29, 1.82) is 0 Å². The molecule has 152 valence electrons. The summed E-state index contributed by atoms with van der Waals surface area (Å²) in [5, 5.41) is 2.86. The minimum atomic E-state index is -0.232. The Kier molecular flexibility index (Phi) is 5.66. The van der Waals surface area contributed by atoms with E-state index in [4.69, 9.17) is 14.2 Å². The van der Waals surface area contributed by atoms with Crippen LogP contribution in [-0.2, 0) is 11.2 Å². The van der Waals surface area contributed by atoms with Crippen LogP contribution in [0.2, 0.25) is 0 Å². The number of anilines is 1. The number of hydrogen-bond donors (Lipinski definition) is 1. The Balaban J connectivity index is 1.65. The lowest BCUT2D eigenvalue weighted by Crippen LogP contribution is -2.20. The van der Waals surface area contributed by atoms with Gasteiger partial charge in [0.25, 0.3) is 0 Å². The van der Waals surface area contributed by atoms with Crippen LogP contribution < -0.4 is 19.5 Å². The number of hydrogen-bond acceptors (Lipinski definition) is 5. The van der Waals surface area contributed by atoms with Gasteiger partial charge in [-0.3, -0.25) is 9.59 Å². The van der Waals surface area contributed by atoms with E-state index in [1.54, 1.807) is 43.5 Å². The van der Waals surface area contributed by atoms with Gasteiger partial charge in [0.2, 0.25) is 5.91 Å². The second-order valence-electron chi connectivity index (χ2n) is 6.81. The Morgan fingerprint density at radius 1 is 0.933 bits per heavy atom. The van der Waals surface area contributed by atoms with Crippen molar-refractivity contribution in [2.45, 2.75) is 6.42 Å². The highest BCUT2D eigenvalue weighted by Gasteiger charge is 2.22. The molecule has 0 atom stereocenters.